The van der Waals surface area contributed by atoms with Gasteiger partial charge in [-0.1, -0.05) is 33.8 Å². The Morgan fingerprint density at radius 1 is 1.10 bits per heavy atom. The van der Waals surface area contributed by atoms with E-state index in [4.69, 9.17) is 9.47 Å². The molecule has 0 aliphatic heterocycles. The lowest BCUT2D eigenvalue weighted by atomic mass is 10.1. The summed E-state index contributed by atoms with van der Waals surface area (Å²) in [5, 5.41) is 2.56. The quantitative estimate of drug-likeness (QED) is 0.565. The van der Waals surface area contributed by atoms with Crippen molar-refractivity contribution in [2.75, 3.05) is 13.1 Å². The topological polar surface area (TPSA) is 97.8 Å². The molecule has 8 nitrogen and oxygen atoms in total. The average molecular weight is 436 g/mol. The van der Waals surface area contributed by atoms with Gasteiger partial charge < -0.3 is 19.7 Å². The van der Waals surface area contributed by atoms with E-state index >= 15 is 0 Å². The second kappa shape index (κ2) is 12.3. The molecule has 2 amide bonds. The number of carbonyl (C=O) groups is 3. The van der Waals surface area contributed by atoms with Crippen LogP contribution in [0.3, 0.4) is 0 Å². The Balaban J connectivity index is 2.93. The first-order chi connectivity index (χ1) is 14.4. The van der Waals surface area contributed by atoms with Crippen LogP contribution in [0.15, 0.2) is 24.5 Å². The molecule has 1 atom stereocenters. The van der Waals surface area contributed by atoms with E-state index in [1.54, 1.807) is 50.2 Å². The number of nitrogens with zero attached hydrogens (tertiary/aromatic N) is 2. The third-order valence-corrected chi connectivity index (χ3v) is 3.97. The number of alkyl carbamates (subject to hydrolysis) is 1. The molecule has 31 heavy (non-hydrogen) atoms. The number of aromatic nitrogens is 1. The largest absolute Gasteiger partial charge is 0.461 e. The van der Waals surface area contributed by atoms with E-state index in [1.807, 2.05) is 27.7 Å². The van der Waals surface area contributed by atoms with E-state index < -0.39 is 23.7 Å². The monoisotopic (exact) mass is 435 g/mol. The van der Waals surface area contributed by atoms with Gasteiger partial charge in [-0.3, -0.25) is 14.6 Å². The normalized spacial score (nSPS) is 12.4. The van der Waals surface area contributed by atoms with E-state index in [0.717, 1.165) is 5.56 Å². The number of esters is 1. The first-order valence-corrected chi connectivity index (χ1v) is 10.7. The van der Waals surface area contributed by atoms with E-state index in [-0.39, 0.29) is 30.8 Å². The molecule has 174 valence electrons. The molecule has 1 aromatic rings. The summed E-state index contributed by atoms with van der Waals surface area (Å²) < 4.78 is 10.6. The molecular weight excluding hydrogens is 398 g/mol. The van der Waals surface area contributed by atoms with Crippen molar-refractivity contribution in [3.63, 3.8) is 0 Å². The number of hydrogen-bond donors (Lipinski definition) is 1. The van der Waals surface area contributed by atoms with E-state index in [9.17, 15) is 14.4 Å². The second-order valence-corrected chi connectivity index (χ2v) is 9.46. The van der Waals surface area contributed by atoms with Crippen LogP contribution in [-0.2, 0) is 25.7 Å². The molecule has 0 aliphatic carbocycles. The molecule has 0 bridgehead atoms. The molecule has 0 unspecified atom stereocenters. The molecule has 0 spiro atoms. The van der Waals surface area contributed by atoms with Crippen molar-refractivity contribution in [3.8, 4) is 0 Å². The molecule has 0 radical (unpaired) electrons. The van der Waals surface area contributed by atoms with Crippen molar-refractivity contribution in [3.05, 3.63) is 30.1 Å². The van der Waals surface area contributed by atoms with Crippen LogP contribution in [0.2, 0.25) is 0 Å². The zero-order chi connectivity index (χ0) is 23.6. The average Bonchev–Trinajstić information content (AvgIpc) is 2.63. The molecule has 0 aliphatic rings. The highest BCUT2D eigenvalue weighted by atomic mass is 16.6. The summed E-state index contributed by atoms with van der Waals surface area (Å²) in [6, 6.07) is 2.46. The Kier molecular flexibility index (Phi) is 10.4. The summed E-state index contributed by atoms with van der Waals surface area (Å²) in [6.45, 7) is 14.3. The molecule has 8 heteroatoms. The fourth-order valence-corrected chi connectivity index (χ4v) is 2.88. The summed E-state index contributed by atoms with van der Waals surface area (Å²) in [6.07, 6.45) is 2.19. The number of nitrogens with one attached hydrogen (secondary N) is 1. The Bertz CT molecular complexity index is 704. The maximum Gasteiger partial charge on any atom is 0.408 e. The smallest absolute Gasteiger partial charge is 0.408 e. The minimum absolute atomic E-state index is 0.0434. The molecule has 1 rings (SSSR count). The van der Waals surface area contributed by atoms with E-state index in [1.165, 1.54) is 0 Å². The Labute approximate surface area is 185 Å². The standard InChI is InChI=1S/C23H37N3O5/c1-16(2)13-26(14-17(3)4)21(28)19(25-22(29)31-23(5,6)7)11-20(27)30-15-18-9-8-10-24-12-18/h8-10,12,16-17,19H,11,13-15H2,1-7H3,(H,25,29)/t19-/m0/s1. The lowest BCUT2D eigenvalue weighted by Gasteiger charge is -2.30. The number of amides is 2. The van der Waals surface area contributed by atoms with Gasteiger partial charge in [-0.05, 0) is 38.7 Å². The van der Waals surface area contributed by atoms with Gasteiger partial charge in [0.25, 0.3) is 0 Å². The van der Waals surface area contributed by atoms with Gasteiger partial charge in [0, 0.05) is 31.0 Å². The fourth-order valence-electron chi connectivity index (χ4n) is 2.88. The van der Waals surface area contributed by atoms with Crippen molar-refractivity contribution < 1.29 is 23.9 Å². The SMILES string of the molecule is CC(C)CN(CC(C)C)C(=O)[C@H](CC(=O)OCc1cccnc1)NC(=O)OC(C)(C)C. The van der Waals surface area contributed by atoms with Crippen LogP contribution in [0.1, 0.15) is 60.5 Å². The molecular formula is C23H37N3O5. The molecule has 0 saturated carbocycles. The minimum Gasteiger partial charge on any atom is -0.461 e. The predicted octanol–water partition coefficient (Wildman–Crippen LogP) is 3.55. The summed E-state index contributed by atoms with van der Waals surface area (Å²) >= 11 is 0. The van der Waals surface area contributed by atoms with Gasteiger partial charge in [-0.2, -0.15) is 0 Å². The van der Waals surface area contributed by atoms with Crippen LogP contribution in [0.5, 0.6) is 0 Å². The van der Waals surface area contributed by atoms with Gasteiger partial charge in [0.05, 0.1) is 6.42 Å². The summed E-state index contributed by atoms with van der Waals surface area (Å²) in [5.74, 6) is -0.441. The van der Waals surface area contributed by atoms with Gasteiger partial charge >= 0.3 is 12.1 Å². The molecule has 1 aromatic heterocycles. The third-order valence-electron chi connectivity index (χ3n) is 3.97. The van der Waals surface area contributed by atoms with Crippen LogP contribution in [0.25, 0.3) is 0 Å². The Morgan fingerprint density at radius 2 is 1.71 bits per heavy atom. The van der Waals surface area contributed by atoms with E-state index in [2.05, 4.69) is 10.3 Å². The maximum absolute atomic E-state index is 13.3. The van der Waals surface area contributed by atoms with Crippen molar-refractivity contribution in [2.24, 2.45) is 11.8 Å². The maximum atomic E-state index is 13.3. The minimum atomic E-state index is -1.08. The summed E-state index contributed by atoms with van der Waals surface area (Å²) in [5.41, 5.74) is 0.00805. The Hall–Kier alpha value is -2.64. The molecule has 0 fully saturated rings. The van der Waals surface area contributed by atoms with Crippen LogP contribution in [0, 0.1) is 11.8 Å². The zero-order valence-electron chi connectivity index (χ0n) is 19.8. The number of hydrogen-bond acceptors (Lipinski definition) is 6. The summed E-state index contributed by atoms with van der Waals surface area (Å²) in [7, 11) is 0. The van der Waals surface area contributed by atoms with Gasteiger partial charge in [0.1, 0.15) is 18.2 Å². The second-order valence-electron chi connectivity index (χ2n) is 9.46. The zero-order valence-corrected chi connectivity index (χ0v) is 19.8. The van der Waals surface area contributed by atoms with Crippen molar-refractivity contribution in [1.82, 2.24) is 15.2 Å². The molecule has 0 saturated heterocycles. The van der Waals surface area contributed by atoms with Crippen molar-refractivity contribution in [1.29, 1.82) is 0 Å². The molecule has 0 aromatic carbocycles. The van der Waals surface area contributed by atoms with E-state index in [0.29, 0.717) is 13.1 Å². The van der Waals surface area contributed by atoms with Gasteiger partial charge in [0.15, 0.2) is 0 Å². The van der Waals surface area contributed by atoms with Gasteiger partial charge in [-0.25, -0.2) is 4.79 Å². The highest BCUT2D eigenvalue weighted by molar-refractivity contribution is 5.89. The fraction of sp³-hybridized carbons (Fsp3) is 0.652. The van der Waals surface area contributed by atoms with Crippen LogP contribution < -0.4 is 5.32 Å². The molecule has 1 heterocycles. The van der Waals surface area contributed by atoms with Crippen molar-refractivity contribution in [2.45, 2.75) is 73.1 Å². The predicted molar refractivity (Wildman–Crippen MR) is 118 cm³/mol. The number of rotatable bonds is 10. The number of carbonyl (C=O) groups excluding carboxylic acids is 3. The highest BCUT2D eigenvalue weighted by Crippen LogP contribution is 2.12. The molecule has 1 N–H and O–H groups in total. The highest BCUT2D eigenvalue weighted by Gasteiger charge is 2.31. The van der Waals surface area contributed by atoms with Gasteiger partial charge in [0.2, 0.25) is 5.91 Å². The number of ether oxygens (including phenoxy) is 2. The van der Waals surface area contributed by atoms with Crippen molar-refractivity contribution >= 4 is 18.0 Å². The van der Waals surface area contributed by atoms with Gasteiger partial charge in [-0.15, -0.1) is 0 Å². The third kappa shape index (κ3) is 11.4. The lowest BCUT2D eigenvalue weighted by Crippen LogP contribution is -2.52. The Morgan fingerprint density at radius 3 is 2.19 bits per heavy atom. The lowest BCUT2D eigenvalue weighted by molar-refractivity contribution is -0.148. The number of pyridine rings is 1. The van der Waals surface area contributed by atoms with Crippen LogP contribution in [-0.4, -0.2) is 52.6 Å². The summed E-state index contributed by atoms with van der Waals surface area (Å²) in [4.78, 5) is 43.7. The first-order valence-electron chi connectivity index (χ1n) is 10.7. The van der Waals surface area contributed by atoms with Crippen LogP contribution in [0.4, 0.5) is 4.79 Å². The first kappa shape index (κ1) is 26.4. The van der Waals surface area contributed by atoms with Crippen LogP contribution >= 0.6 is 0 Å².